The van der Waals surface area contributed by atoms with Crippen molar-refractivity contribution in [3.63, 3.8) is 0 Å². The smallest absolute Gasteiger partial charge is 0.306 e. The van der Waals surface area contributed by atoms with Gasteiger partial charge in [-0.3, -0.25) is 28.8 Å². The lowest BCUT2D eigenvalue weighted by atomic mass is 9.86. The number of carbonyl (C=O) groups is 6. The van der Waals surface area contributed by atoms with E-state index in [4.69, 9.17) is 11.5 Å². The van der Waals surface area contributed by atoms with E-state index in [2.05, 4.69) is 21.3 Å². The Kier molecular flexibility index (Phi) is 20.3. The largest absolute Gasteiger partial charge is 0.508 e. The van der Waals surface area contributed by atoms with Crippen LogP contribution in [0.3, 0.4) is 0 Å². The van der Waals surface area contributed by atoms with E-state index in [0.717, 1.165) is 6.42 Å². The van der Waals surface area contributed by atoms with Crippen LogP contribution in [0.1, 0.15) is 109 Å². The molecule has 15 heteroatoms. The molecule has 10 N–H and O–H groups in total. The van der Waals surface area contributed by atoms with Crippen molar-refractivity contribution >= 4 is 35.4 Å². The van der Waals surface area contributed by atoms with Gasteiger partial charge in [0.05, 0.1) is 18.0 Å². The van der Waals surface area contributed by atoms with E-state index in [-0.39, 0.29) is 37.0 Å². The first-order valence-electron chi connectivity index (χ1n) is 21.3. The first kappa shape index (κ1) is 48.0. The quantitative estimate of drug-likeness (QED) is 0.100. The van der Waals surface area contributed by atoms with E-state index < -0.39 is 71.5 Å². The number of carboxylic acids is 1. The molecule has 58 heavy (non-hydrogen) atoms. The summed E-state index contributed by atoms with van der Waals surface area (Å²) in [6, 6.07) is 0.111. The fourth-order valence-corrected chi connectivity index (χ4v) is 7.64. The number of nitrogens with zero attached hydrogens (tertiary/aromatic N) is 1. The summed E-state index contributed by atoms with van der Waals surface area (Å²) in [5.74, 6) is -4.65. The van der Waals surface area contributed by atoms with Crippen molar-refractivity contribution in [2.45, 2.75) is 141 Å². The number of aromatic hydroxyl groups is 1. The van der Waals surface area contributed by atoms with Gasteiger partial charge in [0.25, 0.3) is 0 Å². The summed E-state index contributed by atoms with van der Waals surface area (Å²) in [5, 5.41) is 32.5. The van der Waals surface area contributed by atoms with E-state index in [9.17, 15) is 39.0 Å². The predicted molar refractivity (Wildman–Crippen MR) is 222 cm³/mol. The number of rotatable bonds is 14. The van der Waals surface area contributed by atoms with Crippen molar-refractivity contribution in [3.05, 3.63) is 41.5 Å². The molecule has 1 saturated heterocycles. The number of phenolic OH excluding ortho intramolecular Hbond substituents is 1. The van der Waals surface area contributed by atoms with Crippen LogP contribution < -0.4 is 32.7 Å². The molecule has 0 radical (unpaired) electrons. The molecule has 1 aromatic carbocycles. The average Bonchev–Trinajstić information content (AvgIpc) is 3.68. The fraction of sp³-hybridized carbons (Fsp3) is 0.674. The van der Waals surface area contributed by atoms with Crippen LogP contribution in [0, 0.1) is 17.8 Å². The lowest BCUT2D eigenvalue weighted by Crippen LogP contribution is -2.59. The minimum Gasteiger partial charge on any atom is -0.508 e. The van der Waals surface area contributed by atoms with E-state index >= 15 is 0 Å². The highest BCUT2D eigenvalue weighted by Gasteiger charge is 2.40. The van der Waals surface area contributed by atoms with Crippen molar-refractivity contribution in [1.82, 2.24) is 26.2 Å². The topological polar surface area (TPSA) is 246 Å². The molecule has 15 nitrogen and oxygen atoms in total. The molecule has 2 heterocycles. The Balaban J connectivity index is 2.00. The Morgan fingerprint density at radius 3 is 2.45 bits per heavy atom. The molecule has 1 fully saturated rings. The second-order valence-corrected chi connectivity index (χ2v) is 16.5. The summed E-state index contributed by atoms with van der Waals surface area (Å²) in [7, 11) is 0. The molecule has 3 rings (SSSR count). The van der Waals surface area contributed by atoms with Crippen LogP contribution >= 0.6 is 0 Å². The SMILES string of the molecule is CCC(C)[C@H](NC(=O)[C@@H]1Cc2ccc(O)c(c2)CC=CCNCCCC[C@@H](N)C(=O)N[C@@H](CCCCN)C(=O)N2CCC[C@H]2C(=O)N1)C(=O)C[C@@H](CC(C)C)C(=O)O. The van der Waals surface area contributed by atoms with Gasteiger partial charge < -0.3 is 47.8 Å². The number of benzene rings is 1. The molecule has 7 atom stereocenters. The van der Waals surface area contributed by atoms with Crippen molar-refractivity contribution in [1.29, 1.82) is 0 Å². The highest BCUT2D eigenvalue weighted by molar-refractivity contribution is 5.97. The van der Waals surface area contributed by atoms with Gasteiger partial charge in [0.1, 0.15) is 23.9 Å². The second kappa shape index (κ2) is 24.6. The summed E-state index contributed by atoms with van der Waals surface area (Å²) in [6.07, 6.45) is 9.18. The maximum Gasteiger partial charge on any atom is 0.306 e. The molecule has 2 bridgehead atoms. The van der Waals surface area contributed by atoms with Crippen LogP contribution in [0.4, 0.5) is 0 Å². The molecule has 1 unspecified atom stereocenters. The maximum atomic E-state index is 14.3. The average molecular weight is 812 g/mol. The van der Waals surface area contributed by atoms with E-state index in [1.165, 1.54) is 4.90 Å². The molecule has 2 aliphatic rings. The molecule has 324 valence electrons. The molecular formula is C43H69N7O8. The summed E-state index contributed by atoms with van der Waals surface area (Å²) in [4.78, 5) is 83.3. The number of carboxylic acid groups (broad SMARTS) is 1. The van der Waals surface area contributed by atoms with Crippen molar-refractivity contribution in [2.75, 3.05) is 26.2 Å². The Morgan fingerprint density at radius 2 is 1.76 bits per heavy atom. The maximum absolute atomic E-state index is 14.3. The number of Topliss-reactive ketones (excluding diaryl/α,β-unsaturated/α-hetero) is 1. The highest BCUT2D eigenvalue weighted by Crippen LogP contribution is 2.24. The van der Waals surface area contributed by atoms with E-state index in [1.807, 2.05) is 39.8 Å². The number of amides is 4. The second-order valence-electron chi connectivity index (χ2n) is 16.5. The van der Waals surface area contributed by atoms with E-state index in [1.54, 1.807) is 18.2 Å². The van der Waals surface area contributed by atoms with Crippen LogP contribution in [0.15, 0.2) is 30.4 Å². The van der Waals surface area contributed by atoms with Crippen LogP contribution in [0.2, 0.25) is 0 Å². The third kappa shape index (κ3) is 15.1. The van der Waals surface area contributed by atoms with Gasteiger partial charge in [-0.05, 0) is 99.9 Å². The van der Waals surface area contributed by atoms with Crippen LogP contribution in [0.25, 0.3) is 0 Å². The van der Waals surface area contributed by atoms with Gasteiger partial charge >= 0.3 is 5.97 Å². The first-order valence-corrected chi connectivity index (χ1v) is 21.3. The van der Waals surface area contributed by atoms with Crippen LogP contribution in [-0.2, 0) is 41.6 Å². The summed E-state index contributed by atoms with van der Waals surface area (Å²) in [6.45, 7) is 9.45. The minimum absolute atomic E-state index is 0.00103. The Bertz CT molecular complexity index is 1570. The number of nitrogens with one attached hydrogen (secondary N) is 4. The number of hydrogen-bond acceptors (Lipinski definition) is 10. The molecule has 0 saturated carbocycles. The van der Waals surface area contributed by atoms with Crippen molar-refractivity contribution in [3.8, 4) is 5.75 Å². The molecule has 0 aliphatic carbocycles. The zero-order valence-electron chi connectivity index (χ0n) is 35.0. The lowest BCUT2D eigenvalue weighted by molar-refractivity contribution is -0.145. The van der Waals surface area contributed by atoms with Gasteiger partial charge in [0.2, 0.25) is 23.6 Å². The third-order valence-corrected chi connectivity index (χ3v) is 11.2. The van der Waals surface area contributed by atoms with Gasteiger partial charge in [-0.25, -0.2) is 0 Å². The number of hydrogen-bond donors (Lipinski definition) is 8. The van der Waals surface area contributed by atoms with Gasteiger partial charge in [-0.1, -0.05) is 64.8 Å². The van der Waals surface area contributed by atoms with Crippen LogP contribution in [-0.4, -0.2) is 107 Å². The standard InChI is InChI=1S/C43H69N7O8/c1-5-28(4)38(37(52)26-31(43(57)58)23-27(2)3)49-40(54)34-25-29-17-18-36(51)30(24-29)13-7-10-20-46-21-11-8-14-32(45)39(53)47-33(15-6-9-19-44)42(56)50-22-12-16-35(50)41(55)48-34/h7,10,17-18,24,27-28,31-35,38,46,51H,5-6,8-9,11-16,19-23,25-26,44-45H2,1-4H3,(H,47,53)(H,48,55)(H,49,54)(H,57,58)/t28?,31-,32-,33+,34+,35+,38+/m1/s1. The number of nitrogens with two attached hydrogens (primary N) is 2. The summed E-state index contributed by atoms with van der Waals surface area (Å²) < 4.78 is 0. The molecule has 2 aliphatic heterocycles. The van der Waals surface area contributed by atoms with Crippen LogP contribution in [0.5, 0.6) is 5.75 Å². The Morgan fingerprint density at radius 1 is 1.00 bits per heavy atom. The van der Waals surface area contributed by atoms with Gasteiger partial charge in [-0.15, -0.1) is 0 Å². The van der Waals surface area contributed by atoms with Gasteiger partial charge in [0.15, 0.2) is 5.78 Å². The minimum atomic E-state index is -1.20. The number of fused-ring (bicyclic) bond motifs is 3. The van der Waals surface area contributed by atoms with E-state index in [0.29, 0.717) is 95.0 Å². The molecular weight excluding hydrogens is 743 g/mol. The predicted octanol–water partition coefficient (Wildman–Crippen LogP) is 2.46. The molecule has 4 amide bonds. The zero-order valence-corrected chi connectivity index (χ0v) is 35.0. The monoisotopic (exact) mass is 812 g/mol. The third-order valence-electron chi connectivity index (χ3n) is 11.2. The zero-order chi connectivity index (χ0) is 42.8. The summed E-state index contributed by atoms with van der Waals surface area (Å²) in [5.41, 5.74) is 13.3. The fourth-order valence-electron chi connectivity index (χ4n) is 7.64. The van der Waals surface area contributed by atoms with Gasteiger partial charge in [-0.2, -0.15) is 0 Å². The molecule has 0 spiro atoms. The number of carbonyl (C=O) groups excluding carboxylic acids is 5. The summed E-state index contributed by atoms with van der Waals surface area (Å²) >= 11 is 0. The van der Waals surface area contributed by atoms with Gasteiger partial charge in [0, 0.05) is 25.9 Å². The number of unbranched alkanes of at least 4 members (excludes halogenated alkanes) is 1. The highest BCUT2D eigenvalue weighted by atomic mass is 16.4. The Labute approximate surface area is 343 Å². The lowest BCUT2D eigenvalue weighted by Gasteiger charge is -2.31. The molecule has 1 aromatic rings. The number of phenols is 1. The van der Waals surface area contributed by atoms with Crippen molar-refractivity contribution < 1.29 is 39.0 Å². The first-order chi connectivity index (χ1) is 27.7. The number of allylic oxidation sites excluding steroid dienone is 1. The normalized spacial score (nSPS) is 23.3. The Hall–Kier alpha value is -4.34. The number of ketones is 1. The molecule has 0 aromatic heterocycles. The number of aliphatic carboxylic acids is 1. The van der Waals surface area contributed by atoms with Crippen molar-refractivity contribution in [2.24, 2.45) is 29.2 Å².